The molecule has 0 fully saturated rings. The number of nitrogens with one attached hydrogen (secondary N) is 1. The summed E-state index contributed by atoms with van der Waals surface area (Å²) in [5, 5.41) is 9.89. The molecule has 0 aliphatic heterocycles. The minimum Gasteiger partial charge on any atom is -0.493 e. The summed E-state index contributed by atoms with van der Waals surface area (Å²) in [5.74, 6) is -0.227. The number of hydrogen-bond acceptors (Lipinski definition) is 4. The molecule has 1 heterocycles. The quantitative estimate of drug-likeness (QED) is 0.571. The monoisotopic (exact) mass is 200 g/mol. The fourth-order valence-corrected chi connectivity index (χ4v) is 1.61. The van der Waals surface area contributed by atoms with Crippen molar-refractivity contribution in [2.75, 3.05) is 0 Å². The van der Waals surface area contributed by atoms with E-state index in [0.29, 0.717) is 10.4 Å². The van der Waals surface area contributed by atoms with E-state index in [0.717, 1.165) is 12.5 Å². The van der Waals surface area contributed by atoms with Crippen molar-refractivity contribution in [3.63, 3.8) is 0 Å². The van der Waals surface area contributed by atoms with E-state index in [2.05, 4.69) is 16.9 Å². The first-order valence-electron chi connectivity index (χ1n) is 4.08. The van der Waals surface area contributed by atoms with Crippen molar-refractivity contribution >= 4 is 11.8 Å². The molecule has 0 radical (unpaired) electrons. The van der Waals surface area contributed by atoms with Crippen LogP contribution >= 0.6 is 11.8 Å². The highest BCUT2D eigenvalue weighted by Gasteiger charge is 2.05. The molecule has 4 nitrogen and oxygen atoms in total. The molecule has 1 aromatic rings. The fraction of sp³-hybridized carbons (Fsp3) is 0.500. The SMILES string of the molecule is CC[C@@H](C)Sc1nc(O)cc(=O)[nH]1. The Morgan fingerprint density at radius 2 is 2.46 bits per heavy atom. The van der Waals surface area contributed by atoms with Crippen molar-refractivity contribution in [1.29, 1.82) is 0 Å². The molecule has 1 aromatic heterocycles. The predicted molar refractivity (Wildman–Crippen MR) is 52.1 cm³/mol. The lowest BCUT2D eigenvalue weighted by molar-refractivity contribution is 0.444. The largest absolute Gasteiger partial charge is 0.493 e. The zero-order valence-corrected chi connectivity index (χ0v) is 8.39. The van der Waals surface area contributed by atoms with Crippen LogP contribution in [0.25, 0.3) is 0 Å². The van der Waals surface area contributed by atoms with Crippen molar-refractivity contribution in [1.82, 2.24) is 9.97 Å². The number of H-pyrrole nitrogens is 1. The molecule has 0 aromatic carbocycles. The van der Waals surface area contributed by atoms with Crippen LogP contribution in [0.3, 0.4) is 0 Å². The van der Waals surface area contributed by atoms with Gasteiger partial charge in [0.05, 0.1) is 6.07 Å². The Morgan fingerprint density at radius 3 is 3.00 bits per heavy atom. The number of thioether (sulfide) groups is 1. The first kappa shape index (κ1) is 10.1. The summed E-state index contributed by atoms with van der Waals surface area (Å²) in [6.45, 7) is 4.09. The van der Waals surface area contributed by atoms with Gasteiger partial charge in [-0.2, -0.15) is 4.98 Å². The Labute approximate surface area is 80.4 Å². The van der Waals surface area contributed by atoms with E-state index in [1.807, 2.05) is 6.92 Å². The summed E-state index contributed by atoms with van der Waals surface area (Å²) in [7, 11) is 0. The number of nitrogens with zero attached hydrogens (tertiary/aromatic N) is 1. The Hall–Kier alpha value is -0.970. The van der Waals surface area contributed by atoms with Crippen LogP contribution in [-0.2, 0) is 0 Å². The first-order valence-corrected chi connectivity index (χ1v) is 4.96. The molecule has 72 valence electrons. The van der Waals surface area contributed by atoms with Gasteiger partial charge in [-0.15, -0.1) is 0 Å². The highest BCUT2D eigenvalue weighted by Crippen LogP contribution is 2.21. The average molecular weight is 200 g/mol. The number of aromatic nitrogens is 2. The van der Waals surface area contributed by atoms with Crippen molar-refractivity contribution in [2.24, 2.45) is 0 Å². The van der Waals surface area contributed by atoms with Crippen LogP contribution in [0, 0.1) is 0 Å². The maximum atomic E-state index is 10.9. The number of hydrogen-bond donors (Lipinski definition) is 2. The van der Waals surface area contributed by atoms with Crippen LogP contribution in [-0.4, -0.2) is 20.3 Å². The van der Waals surface area contributed by atoms with Gasteiger partial charge in [-0.25, -0.2) is 0 Å². The number of aromatic amines is 1. The van der Waals surface area contributed by atoms with Crippen LogP contribution in [0.4, 0.5) is 0 Å². The summed E-state index contributed by atoms with van der Waals surface area (Å²) >= 11 is 1.45. The summed E-state index contributed by atoms with van der Waals surface area (Å²) in [5.41, 5.74) is -0.321. The highest BCUT2D eigenvalue weighted by molar-refractivity contribution is 7.99. The minimum absolute atomic E-state index is 0.227. The second-order valence-corrected chi connectivity index (χ2v) is 4.17. The Balaban J connectivity index is 2.83. The third kappa shape index (κ3) is 3.10. The van der Waals surface area contributed by atoms with Gasteiger partial charge in [-0.05, 0) is 6.42 Å². The topological polar surface area (TPSA) is 66.0 Å². The third-order valence-corrected chi connectivity index (χ3v) is 2.75. The van der Waals surface area contributed by atoms with Crippen molar-refractivity contribution in [3.8, 4) is 5.88 Å². The molecule has 5 heteroatoms. The van der Waals surface area contributed by atoms with Crippen LogP contribution in [0.2, 0.25) is 0 Å². The van der Waals surface area contributed by atoms with E-state index in [1.54, 1.807) is 0 Å². The normalized spacial score (nSPS) is 12.8. The molecule has 0 amide bonds. The zero-order chi connectivity index (χ0) is 9.84. The van der Waals surface area contributed by atoms with E-state index in [-0.39, 0.29) is 11.4 Å². The number of aromatic hydroxyl groups is 1. The molecule has 0 aliphatic carbocycles. The van der Waals surface area contributed by atoms with E-state index in [4.69, 9.17) is 5.11 Å². The molecule has 0 bridgehead atoms. The maximum absolute atomic E-state index is 10.9. The lowest BCUT2D eigenvalue weighted by Gasteiger charge is -2.05. The second kappa shape index (κ2) is 4.32. The lowest BCUT2D eigenvalue weighted by Crippen LogP contribution is -2.07. The van der Waals surface area contributed by atoms with Crippen LogP contribution in [0.1, 0.15) is 20.3 Å². The van der Waals surface area contributed by atoms with Crippen molar-refractivity contribution in [3.05, 3.63) is 16.4 Å². The van der Waals surface area contributed by atoms with Gasteiger partial charge < -0.3 is 10.1 Å². The lowest BCUT2D eigenvalue weighted by atomic mass is 10.4. The summed E-state index contributed by atoms with van der Waals surface area (Å²) in [6, 6.07) is 1.06. The smallest absolute Gasteiger partial charge is 0.255 e. The zero-order valence-electron chi connectivity index (χ0n) is 7.57. The molecular formula is C8H12N2O2S. The maximum Gasteiger partial charge on any atom is 0.255 e. The third-order valence-electron chi connectivity index (χ3n) is 1.59. The standard InChI is InChI=1S/C8H12N2O2S/c1-3-5(2)13-8-9-6(11)4-7(12)10-8/h4-5H,3H2,1-2H3,(H2,9,10,11,12)/t5-/m1/s1. The predicted octanol–water partition coefficient (Wildman–Crippen LogP) is 1.37. The minimum atomic E-state index is -0.321. The van der Waals surface area contributed by atoms with Crippen LogP contribution in [0.5, 0.6) is 5.88 Å². The van der Waals surface area contributed by atoms with Gasteiger partial charge in [0.2, 0.25) is 5.88 Å². The molecule has 13 heavy (non-hydrogen) atoms. The molecular weight excluding hydrogens is 188 g/mol. The van der Waals surface area contributed by atoms with E-state index in [9.17, 15) is 4.79 Å². The van der Waals surface area contributed by atoms with Gasteiger partial charge in [-0.1, -0.05) is 25.6 Å². The van der Waals surface area contributed by atoms with E-state index in [1.165, 1.54) is 11.8 Å². The van der Waals surface area contributed by atoms with Crippen molar-refractivity contribution < 1.29 is 5.11 Å². The summed E-state index contributed by atoms with van der Waals surface area (Å²) < 4.78 is 0. The molecule has 1 atom stereocenters. The highest BCUT2D eigenvalue weighted by atomic mass is 32.2. The molecule has 0 saturated heterocycles. The fourth-order valence-electron chi connectivity index (χ4n) is 0.753. The van der Waals surface area contributed by atoms with Gasteiger partial charge in [-0.3, -0.25) is 4.79 Å². The van der Waals surface area contributed by atoms with Crippen molar-refractivity contribution in [2.45, 2.75) is 30.7 Å². The molecule has 0 spiro atoms. The van der Waals surface area contributed by atoms with E-state index >= 15 is 0 Å². The Bertz CT molecular complexity index is 337. The average Bonchev–Trinajstić information content (AvgIpc) is 2.02. The van der Waals surface area contributed by atoms with E-state index < -0.39 is 0 Å². The van der Waals surface area contributed by atoms with Gasteiger partial charge in [0.15, 0.2) is 5.16 Å². The summed E-state index contributed by atoms with van der Waals surface area (Å²) in [6.07, 6.45) is 0.990. The second-order valence-electron chi connectivity index (χ2n) is 2.75. The molecule has 1 rings (SSSR count). The van der Waals surface area contributed by atoms with Gasteiger partial charge in [0.1, 0.15) is 0 Å². The van der Waals surface area contributed by atoms with Crippen LogP contribution < -0.4 is 5.56 Å². The Morgan fingerprint density at radius 1 is 1.77 bits per heavy atom. The molecule has 0 unspecified atom stereocenters. The van der Waals surface area contributed by atoms with Gasteiger partial charge in [0, 0.05) is 5.25 Å². The molecule has 0 aliphatic rings. The van der Waals surface area contributed by atoms with Gasteiger partial charge >= 0.3 is 0 Å². The summed E-state index contributed by atoms with van der Waals surface area (Å²) in [4.78, 5) is 17.2. The van der Waals surface area contributed by atoms with Gasteiger partial charge in [0.25, 0.3) is 5.56 Å². The number of rotatable bonds is 3. The Kier molecular flexibility index (Phi) is 3.36. The first-order chi connectivity index (χ1) is 6.11. The molecule has 2 N–H and O–H groups in total. The molecule has 0 saturated carbocycles. The van der Waals surface area contributed by atoms with Crippen LogP contribution in [0.15, 0.2) is 16.0 Å².